The molecule has 1 aromatic carbocycles. The molecule has 0 aliphatic rings. The average molecular weight is 249 g/mol. The molecule has 0 fully saturated rings. The van der Waals surface area contributed by atoms with Gasteiger partial charge in [0.05, 0.1) is 11.6 Å². The van der Waals surface area contributed by atoms with Crippen LogP contribution in [0.15, 0.2) is 24.3 Å². The number of alkyl halides is 3. The summed E-state index contributed by atoms with van der Waals surface area (Å²) in [4.78, 5) is 10.4. The molecule has 4 N–H and O–H groups in total. The number of aliphatic hydroxyl groups is 1. The maximum atomic E-state index is 12.4. The van der Waals surface area contributed by atoms with Gasteiger partial charge >= 0.3 is 12.1 Å². The lowest BCUT2D eigenvalue weighted by Gasteiger charge is -2.16. The van der Waals surface area contributed by atoms with Crippen molar-refractivity contribution in [3.63, 3.8) is 0 Å². The molecule has 7 heteroatoms. The number of carbonyl (C=O) groups is 1. The molecule has 1 rings (SSSR count). The number of carboxylic acids is 1. The van der Waals surface area contributed by atoms with Gasteiger partial charge in [0.2, 0.25) is 0 Å². The van der Waals surface area contributed by atoms with E-state index in [4.69, 9.17) is 15.9 Å². The molecule has 0 aromatic heterocycles. The van der Waals surface area contributed by atoms with Crippen LogP contribution in [0.5, 0.6) is 0 Å². The van der Waals surface area contributed by atoms with E-state index < -0.39 is 29.9 Å². The van der Waals surface area contributed by atoms with E-state index >= 15 is 0 Å². The van der Waals surface area contributed by atoms with Gasteiger partial charge in [0, 0.05) is 0 Å². The summed E-state index contributed by atoms with van der Waals surface area (Å²) in [5, 5.41) is 17.6. The summed E-state index contributed by atoms with van der Waals surface area (Å²) in [6.07, 6.45) is -6.48. The summed E-state index contributed by atoms with van der Waals surface area (Å²) in [7, 11) is 0. The fraction of sp³-hybridized carbons (Fsp3) is 0.300. The van der Waals surface area contributed by atoms with Crippen LogP contribution in [0.4, 0.5) is 13.2 Å². The summed E-state index contributed by atoms with van der Waals surface area (Å²) >= 11 is 0. The number of carboxylic acid groups (broad SMARTS) is 1. The Balaban J connectivity index is 3.04. The van der Waals surface area contributed by atoms with Crippen molar-refractivity contribution in [2.24, 2.45) is 5.73 Å². The van der Waals surface area contributed by atoms with Crippen LogP contribution in [-0.4, -0.2) is 22.3 Å². The van der Waals surface area contributed by atoms with Gasteiger partial charge in [0.1, 0.15) is 0 Å². The van der Waals surface area contributed by atoms with E-state index in [1.54, 1.807) is 0 Å². The standard InChI is InChI=1S/C10H10F3NO3/c11-10(12,13)6-3-1-2-5(4-6)7(14)8(15)9(16)17/h1-4,7-8,15H,14H2,(H,16,17). The van der Waals surface area contributed by atoms with E-state index in [0.717, 1.165) is 18.2 Å². The quantitative estimate of drug-likeness (QED) is 0.750. The Morgan fingerprint density at radius 2 is 1.94 bits per heavy atom. The maximum Gasteiger partial charge on any atom is 0.416 e. The van der Waals surface area contributed by atoms with E-state index in [9.17, 15) is 18.0 Å². The fourth-order valence-corrected chi connectivity index (χ4v) is 1.26. The zero-order valence-corrected chi connectivity index (χ0v) is 8.48. The lowest BCUT2D eigenvalue weighted by atomic mass is 10.00. The van der Waals surface area contributed by atoms with Gasteiger partial charge in [-0.2, -0.15) is 13.2 Å². The number of hydrogen-bond acceptors (Lipinski definition) is 3. The summed E-state index contributed by atoms with van der Waals surface area (Å²) in [5.41, 5.74) is 4.32. The van der Waals surface area contributed by atoms with Crippen LogP contribution < -0.4 is 5.73 Å². The molecule has 0 amide bonds. The second kappa shape index (κ2) is 4.72. The predicted molar refractivity (Wildman–Crippen MR) is 52.0 cm³/mol. The third-order valence-electron chi connectivity index (χ3n) is 2.19. The van der Waals surface area contributed by atoms with Crippen LogP contribution in [0.1, 0.15) is 17.2 Å². The van der Waals surface area contributed by atoms with Gasteiger partial charge in [-0.1, -0.05) is 12.1 Å². The fourth-order valence-electron chi connectivity index (χ4n) is 1.26. The molecule has 0 aliphatic carbocycles. The summed E-state index contributed by atoms with van der Waals surface area (Å²) in [6.45, 7) is 0. The predicted octanol–water partition coefficient (Wildman–Crippen LogP) is 1.15. The van der Waals surface area contributed by atoms with Gasteiger partial charge in [-0.05, 0) is 17.7 Å². The Morgan fingerprint density at radius 3 is 2.41 bits per heavy atom. The number of aliphatic carboxylic acids is 1. The Hall–Kier alpha value is -1.60. The van der Waals surface area contributed by atoms with Gasteiger partial charge < -0.3 is 15.9 Å². The molecule has 94 valence electrons. The number of benzene rings is 1. The second-order valence-electron chi connectivity index (χ2n) is 3.43. The molecule has 0 aliphatic heterocycles. The lowest BCUT2D eigenvalue weighted by Crippen LogP contribution is -2.33. The van der Waals surface area contributed by atoms with Crippen molar-refractivity contribution in [3.8, 4) is 0 Å². The first-order valence-electron chi connectivity index (χ1n) is 4.57. The number of hydrogen-bond donors (Lipinski definition) is 3. The van der Waals surface area contributed by atoms with Crippen molar-refractivity contribution >= 4 is 5.97 Å². The highest BCUT2D eigenvalue weighted by molar-refractivity contribution is 5.73. The SMILES string of the molecule is NC(c1cccc(C(F)(F)F)c1)C(O)C(=O)O. The first-order chi connectivity index (χ1) is 7.73. The third-order valence-corrected chi connectivity index (χ3v) is 2.19. The first kappa shape index (κ1) is 13.5. The molecule has 1 aromatic rings. The zero-order chi connectivity index (χ0) is 13.2. The van der Waals surface area contributed by atoms with E-state index in [2.05, 4.69) is 0 Å². The first-order valence-corrected chi connectivity index (χ1v) is 4.57. The average Bonchev–Trinajstić information content (AvgIpc) is 2.26. The monoisotopic (exact) mass is 249 g/mol. The van der Waals surface area contributed by atoms with Gasteiger partial charge in [-0.25, -0.2) is 4.79 Å². The van der Waals surface area contributed by atoms with Crippen molar-refractivity contribution < 1.29 is 28.2 Å². The summed E-state index contributed by atoms with van der Waals surface area (Å²) in [5.74, 6) is -1.59. The van der Waals surface area contributed by atoms with Crippen molar-refractivity contribution in [1.29, 1.82) is 0 Å². The molecule has 0 saturated heterocycles. The number of aliphatic hydroxyl groups excluding tert-OH is 1. The van der Waals surface area contributed by atoms with Gasteiger partial charge in [0.25, 0.3) is 0 Å². The maximum absolute atomic E-state index is 12.4. The Labute approximate surface area is 94.5 Å². The minimum Gasteiger partial charge on any atom is -0.479 e. The molecule has 2 unspecified atom stereocenters. The van der Waals surface area contributed by atoms with Crippen LogP contribution in [0.25, 0.3) is 0 Å². The van der Waals surface area contributed by atoms with E-state index in [-0.39, 0.29) is 5.56 Å². The highest BCUT2D eigenvalue weighted by atomic mass is 19.4. The zero-order valence-electron chi connectivity index (χ0n) is 8.48. The van der Waals surface area contributed by atoms with Crippen molar-refractivity contribution in [1.82, 2.24) is 0 Å². The number of rotatable bonds is 3. The van der Waals surface area contributed by atoms with Gasteiger partial charge in [0.15, 0.2) is 6.10 Å². The lowest BCUT2D eigenvalue weighted by molar-refractivity contribution is -0.147. The number of halogens is 3. The Morgan fingerprint density at radius 1 is 1.35 bits per heavy atom. The van der Waals surface area contributed by atoms with Crippen molar-refractivity contribution in [3.05, 3.63) is 35.4 Å². The highest BCUT2D eigenvalue weighted by Crippen LogP contribution is 2.30. The Bertz CT molecular complexity index is 420. The van der Waals surface area contributed by atoms with Crippen LogP contribution in [0, 0.1) is 0 Å². The van der Waals surface area contributed by atoms with Crippen LogP contribution in [0.2, 0.25) is 0 Å². The number of nitrogens with two attached hydrogens (primary N) is 1. The van der Waals surface area contributed by atoms with Gasteiger partial charge in [-0.15, -0.1) is 0 Å². The molecule has 0 radical (unpaired) electrons. The molecule has 17 heavy (non-hydrogen) atoms. The van der Waals surface area contributed by atoms with E-state index in [1.807, 2.05) is 0 Å². The van der Waals surface area contributed by atoms with Crippen LogP contribution in [-0.2, 0) is 11.0 Å². The minimum atomic E-state index is -4.54. The molecular weight excluding hydrogens is 239 g/mol. The highest BCUT2D eigenvalue weighted by Gasteiger charge is 2.32. The van der Waals surface area contributed by atoms with Crippen LogP contribution in [0.3, 0.4) is 0 Å². The summed E-state index contributed by atoms with van der Waals surface area (Å²) < 4.78 is 37.1. The topological polar surface area (TPSA) is 83.5 Å². The van der Waals surface area contributed by atoms with Crippen LogP contribution >= 0.6 is 0 Å². The van der Waals surface area contributed by atoms with Crippen molar-refractivity contribution in [2.45, 2.75) is 18.3 Å². The van der Waals surface area contributed by atoms with E-state index in [1.165, 1.54) is 6.07 Å². The molecule has 0 heterocycles. The normalized spacial score (nSPS) is 15.4. The van der Waals surface area contributed by atoms with Crippen molar-refractivity contribution in [2.75, 3.05) is 0 Å². The summed E-state index contributed by atoms with van der Waals surface area (Å²) in [6, 6.07) is 2.48. The third kappa shape index (κ3) is 3.18. The largest absolute Gasteiger partial charge is 0.479 e. The molecule has 4 nitrogen and oxygen atoms in total. The molecule has 0 bridgehead atoms. The van der Waals surface area contributed by atoms with Gasteiger partial charge in [-0.3, -0.25) is 0 Å². The van der Waals surface area contributed by atoms with E-state index in [0.29, 0.717) is 0 Å². The Kier molecular flexibility index (Phi) is 3.74. The second-order valence-corrected chi connectivity index (χ2v) is 3.43. The molecule has 0 spiro atoms. The molecule has 2 atom stereocenters. The molecule has 0 saturated carbocycles. The minimum absolute atomic E-state index is 0.0882. The smallest absolute Gasteiger partial charge is 0.416 e. The molecular formula is C10H10F3NO3.